The maximum absolute atomic E-state index is 12.0. The second kappa shape index (κ2) is 3.60. The zero-order valence-electron chi connectivity index (χ0n) is 10.4. The SMILES string of the molecule is C#CC(=O)[C@H]1C(C)(C)CC[C@@H]2OCC[C@@]21C. The van der Waals surface area contributed by atoms with Crippen LogP contribution in [0.15, 0.2) is 0 Å². The highest BCUT2D eigenvalue weighted by molar-refractivity contribution is 5.98. The molecule has 2 rings (SSSR count). The van der Waals surface area contributed by atoms with Crippen molar-refractivity contribution in [2.75, 3.05) is 6.61 Å². The molecule has 1 saturated carbocycles. The summed E-state index contributed by atoms with van der Waals surface area (Å²) in [5.41, 5.74) is -0.0480. The molecule has 16 heavy (non-hydrogen) atoms. The Labute approximate surface area is 97.7 Å². The fraction of sp³-hybridized carbons (Fsp3) is 0.786. The first-order valence-corrected chi connectivity index (χ1v) is 6.04. The van der Waals surface area contributed by atoms with E-state index in [-0.39, 0.29) is 28.6 Å². The molecule has 88 valence electrons. The highest BCUT2D eigenvalue weighted by Gasteiger charge is 2.57. The summed E-state index contributed by atoms with van der Waals surface area (Å²) in [6.07, 6.45) is 8.58. The summed E-state index contributed by atoms with van der Waals surface area (Å²) in [5.74, 6) is 2.24. The van der Waals surface area contributed by atoms with Gasteiger partial charge in [-0.2, -0.15) is 0 Å². The van der Waals surface area contributed by atoms with Crippen LogP contribution in [-0.2, 0) is 9.53 Å². The largest absolute Gasteiger partial charge is 0.378 e. The van der Waals surface area contributed by atoms with Gasteiger partial charge in [0.25, 0.3) is 0 Å². The lowest BCUT2D eigenvalue weighted by atomic mass is 9.54. The number of ether oxygens (including phenoxy) is 1. The molecule has 1 aliphatic carbocycles. The van der Waals surface area contributed by atoms with Crippen molar-refractivity contribution in [3.8, 4) is 12.3 Å². The van der Waals surface area contributed by atoms with Crippen LogP contribution in [0.3, 0.4) is 0 Å². The molecule has 2 heteroatoms. The van der Waals surface area contributed by atoms with Crippen LogP contribution in [0.4, 0.5) is 0 Å². The quantitative estimate of drug-likeness (QED) is 0.501. The minimum absolute atomic E-state index is 0.00238. The summed E-state index contributed by atoms with van der Waals surface area (Å²) in [7, 11) is 0. The molecule has 0 bridgehead atoms. The van der Waals surface area contributed by atoms with Gasteiger partial charge in [0.05, 0.1) is 6.10 Å². The maximum Gasteiger partial charge on any atom is 0.209 e. The van der Waals surface area contributed by atoms with E-state index in [1.165, 1.54) is 0 Å². The topological polar surface area (TPSA) is 26.3 Å². The Hall–Kier alpha value is -0.810. The average molecular weight is 220 g/mol. The lowest BCUT2D eigenvalue weighted by Gasteiger charge is -2.49. The van der Waals surface area contributed by atoms with Crippen molar-refractivity contribution in [2.45, 2.75) is 46.1 Å². The lowest BCUT2D eigenvalue weighted by Crippen LogP contribution is -2.51. The summed E-state index contributed by atoms with van der Waals surface area (Å²) in [4.78, 5) is 12.0. The summed E-state index contributed by atoms with van der Waals surface area (Å²) < 4.78 is 5.76. The van der Waals surface area contributed by atoms with E-state index in [2.05, 4.69) is 26.7 Å². The fourth-order valence-corrected chi connectivity index (χ4v) is 3.79. The van der Waals surface area contributed by atoms with Gasteiger partial charge in [-0.1, -0.05) is 20.8 Å². The number of carbonyl (C=O) groups is 1. The Balaban J connectivity index is 2.40. The van der Waals surface area contributed by atoms with Gasteiger partial charge in [-0.3, -0.25) is 4.79 Å². The van der Waals surface area contributed by atoms with Gasteiger partial charge in [0.2, 0.25) is 5.78 Å². The third-order valence-corrected chi connectivity index (χ3v) is 4.59. The first-order chi connectivity index (χ1) is 7.42. The summed E-state index contributed by atoms with van der Waals surface area (Å²) in [6.45, 7) is 7.26. The van der Waals surface area contributed by atoms with E-state index in [4.69, 9.17) is 11.2 Å². The van der Waals surface area contributed by atoms with Crippen molar-refractivity contribution >= 4 is 5.78 Å². The Morgan fingerprint density at radius 1 is 1.38 bits per heavy atom. The summed E-state index contributed by atoms with van der Waals surface area (Å²) in [6, 6.07) is 0. The molecule has 0 spiro atoms. The second-order valence-electron chi connectivity index (χ2n) is 6.08. The predicted molar refractivity (Wildman–Crippen MR) is 62.8 cm³/mol. The number of carbonyl (C=O) groups excluding carboxylic acids is 1. The minimum atomic E-state index is -0.0504. The van der Waals surface area contributed by atoms with Gasteiger partial charge >= 0.3 is 0 Å². The molecule has 0 amide bonds. The van der Waals surface area contributed by atoms with Crippen molar-refractivity contribution in [3.05, 3.63) is 0 Å². The molecule has 3 atom stereocenters. The lowest BCUT2D eigenvalue weighted by molar-refractivity contribution is -0.136. The Morgan fingerprint density at radius 2 is 2.06 bits per heavy atom. The maximum atomic E-state index is 12.0. The molecule has 0 aromatic rings. The van der Waals surface area contributed by atoms with Crippen LogP contribution in [0.1, 0.15) is 40.0 Å². The highest BCUT2D eigenvalue weighted by Crippen LogP contribution is 2.56. The van der Waals surface area contributed by atoms with Crippen molar-refractivity contribution in [1.82, 2.24) is 0 Å². The highest BCUT2D eigenvalue weighted by atomic mass is 16.5. The van der Waals surface area contributed by atoms with Crippen molar-refractivity contribution in [1.29, 1.82) is 0 Å². The van der Waals surface area contributed by atoms with Crippen LogP contribution in [0, 0.1) is 29.1 Å². The molecule has 1 heterocycles. The molecule has 0 unspecified atom stereocenters. The molecule has 1 saturated heterocycles. The van der Waals surface area contributed by atoms with Gasteiger partial charge in [0, 0.05) is 17.9 Å². The zero-order chi connectivity index (χ0) is 12.0. The second-order valence-corrected chi connectivity index (χ2v) is 6.08. The van der Waals surface area contributed by atoms with E-state index in [0.717, 1.165) is 25.9 Å². The molecular weight excluding hydrogens is 200 g/mol. The molecule has 2 fully saturated rings. The minimum Gasteiger partial charge on any atom is -0.378 e. The smallest absolute Gasteiger partial charge is 0.209 e. The van der Waals surface area contributed by atoms with Crippen LogP contribution in [0.25, 0.3) is 0 Å². The van der Waals surface area contributed by atoms with Gasteiger partial charge in [0.1, 0.15) is 0 Å². The number of fused-ring (bicyclic) bond motifs is 1. The monoisotopic (exact) mass is 220 g/mol. The molecule has 2 aliphatic rings. The molecule has 0 radical (unpaired) electrons. The summed E-state index contributed by atoms with van der Waals surface area (Å²) in [5, 5.41) is 0. The van der Waals surface area contributed by atoms with Crippen molar-refractivity contribution in [3.63, 3.8) is 0 Å². The molecule has 0 aromatic heterocycles. The average Bonchev–Trinajstić information content (AvgIpc) is 2.57. The third-order valence-electron chi connectivity index (χ3n) is 4.59. The first kappa shape index (κ1) is 11.7. The number of hydrogen-bond acceptors (Lipinski definition) is 2. The van der Waals surface area contributed by atoms with Gasteiger partial charge in [0.15, 0.2) is 0 Å². The van der Waals surface area contributed by atoms with Crippen LogP contribution >= 0.6 is 0 Å². The normalized spacial score (nSPS) is 41.1. The van der Waals surface area contributed by atoms with E-state index in [1.807, 2.05) is 0 Å². The molecule has 1 aliphatic heterocycles. The van der Waals surface area contributed by atoms with Gasteiger partial charge in [-0.25, -0.2) is 0 Å². The molecule has 0 aromatic carbocycles. The Bertz CT molecular complexity index is 350. The molecular formula is C14H20O2. The summed E-state index contributed by atoms with van der Waals surface area (Å²) >= 11 is 0. The van der Waals surface area contributed by atoms with Crippen LogP contribution in [-0.4, -0.2) is 18.5 Å². The third kappa shape index (κ3) is 1.50. The van der Waals surface area contributed by atoms with Crippen molar-refractivity contribution < 1.29 is 9.53 Å². The van der Waals surface area contributed by atoms with E-state index in [0.29, 0.717) is 0 Å². The van der Waals surface area contributed by atoms with Gasteiger partial charge in [-0.05, 0) is 30.6 Å². The van der Waals surface area contributed by atoms with Gasteiger partial charge in [-0.15, -0.1) is 6.42 Å². The van der Waals surface area contributed by atoms with E-state index in [1.54, 1.807) is 0 Å². The van der Waals surface area contributed by atoms with E-state index >= 15 is 0 Å². The number of terminal acetylenes is 1. The number of hydrogen-bond donors (Lipinski definition) is 0. The number of Topliss-reactive ketones (excluding diaryl/α,β-unsaturated/α-hetero) is 1. The van der Waals surface area contributed by atoms with E-state index in [9.17, 15) is 4.79 Å². The fourth-order valence-electron chi connectivity index (χ4n) is 3.79. The van der Waals surface area contributed by atoms with Crippen LogP contribution < -0.4 is 0 Å². The number of ketones is 1. The molecule has 0 N–H and O–H groups in total. The first-order valence-electron chi connectivity index (χ1n) is 6.04. The predicted octanol–water partition coefficient (Wildman–Crippen LogP) is 2.42. The molecule has 2 nitrogen and oxygen atoms in total. The zero-order valence-corrected chi connectivity index (χ0v) is 10.4. The van der Waals surface area contributed by atoms with Crippen LogP contribution in [0.2, 0.25) is 0 Å². The van der Waals surface area contributed by atoms with Crippen LogP contribution in [0.5, 0.6) is 0 Å². The number of rotatable bonds is 1. The van der Waals surface area contributed by atoms with Crippen molar-refractivity contribution in [2.24, 2.45) is 16.7 Å². The van der Waals surface area contributed by atoms with Gasteiger partial charge < -0.3 is 4.74 Å². The Kier molecular flexibility index (Phi) is 2.62. The Morgan fingerprint density at radius 3 is 2.69 bits per heavy atom. The van der Waals surface area contributed by atoms with E-state index < -0.39 is 0 Å². The standard InChI is InChI=1S/C14H20O2/c1-5-10(15)12-13(2,3)7-6-11-14(12,4)8-9-16-11/h1,11-12H,6-9H2,2-4H3/t11-,12-,14-/m0/s1.